The minimum Gasteiger partial charge on any atom is -0.388 e. The topological polar surface area (TPSA) is 38.1 Å². The van der Waals surface area contributed by atoms with Crippen LogP contribution in [-0.2, 0) is 13.5 Å². The van der Waals surface area contributed by atoms with E-state index in [-0.39, 0.29) is 0 Å². The Morgan fingerprint density at radius 1 is 1.32 bits per heavy atom. The summed E-state index contributed by atoms with van der Waals surface area (Å²) in [6, 6.07) is 5.53. The van der Waals surface area contributed by atoms with Crippen LogP contribution in [0.1, 0.15) is 28.5 Å². The maximum Gasteiger partial charge on any atom is 0.130 e. The lowest BCUT2D eigenvalue weighted by atomic mass is 10.0. The van der Waals surface area contributed by atoms with Gasteiger partial charge in [-0.25, -0.2) is 0 Å². The molecule has 3 nitrogen and oxygen atoms in total. The lowest BCUT2D eigenvalue weighted by Gasteiger charge is -2.12. The second-order valence-electron chi connectivity index (χ2n) is 4.71. The van der Waals surface area contributed by atoms with Gasteiger partial charge in [-0.3, -0.25) is 4.68 Å². The zero-order valence-corrected chi connectivity index (χ0v) is 12.6. The molecule has 0 bridgehead atoms. The van der Waals surface area contributed by atoms with E-state index in [9.17, 15) is 5.11 Å². The van der Waals surface area contributed by atoms with E-state index in [2.05, 4.69) is 5.10 Å². The summed E-state index contributed by atoms with van der Waals surface area (Å²) in [6.07, 6.45) is -0.170. The molecule has 0 aliphatic heterocycles. The third-order valence-corrected chi connectivity index (χ3v) is 4.13. The van der Waals surface area contributed by atoms with E-state index in [1.54, 1.807) is 17.8 Å². The Hall–Kier alpha value is -1.03. The molecule has 1 atom stereocenters. The van der Waals surface area contributed by atoms with E-state index < -0.39 is 6.10 Å². The second-order valence-corrected chi connectivity index (χ2v) is 5.47. The SMILES string of the molecule is Cc1cc(C(O)Cc2c(C)nn(C)c2Cl)ccc1Cl. The van der Waals surface area contributed by atoms with E-state index in [1.165, 1.54) is 0 Å². The zero-order valence-electron chi connectivity index (χ0n) is 11.1. The van der Waals surface area contributed by atoms with Crippen molar-refractivity contribution in [1.29, 1.82) is 0 Å². The lowest BCUT2D eigenvalue weighted by molar-refractivity contribution is 0.178. The van der Waals surface area contributed by atoms with Crippen molar-refractivity contribution in [3.63, 3.8) is 0 Å². The van der Waals surface area contributed by atoms with Gasteiger partial charge in [0.2, 0.25) is 0 Å². The predicted octanol–water partition coefficient (Wildman–Crippen LogP) is 3.62. The molecule has 0 fully saturated rings. The number of aromatic nitrogens is 2. The van der Waals surface area contributed by atoms with Gasteiger partial charge in [-0.05, 0) is 31.0 Å². The van der Waals surface area contributed by atoms with Crippen molar-refractivity contribution in [3.8, 4) is 0 Å². The van der Waals surface area contributed by atoms with Gasteiger partial charge in [-0.1, -0.05) is 35.3 Å². The van der Waals surface area contributed by atoms with Crippen LogP contribution in [0, 0.1) is 13.8 Å². The molecule has 0 saturated carbocycles. The molecular weight excluding hydrogens is 283 g/mol. The number of aliphatic hydroxyl groups is 1. The molecule has 2 aromatic rings. The van der Waals surface area contributed by atoms with Crippen LogP contribution in [0.5, 0.6) is 0 Å². The van der Waals surface area contributed by atoms with Crippen molar-refractivity contribution in [1.82, 2.24) is 9.78 Å². The van der Waals surface area contributed by atoms with Crippen LogP contribution in [0.15, 0.2) is 18.2 Å². The summed E-state index contributed by atoms with van der Waals surface area (Å²) in [7, 11) is 1.79. The third kappa shape index (κ3) is 2.94. The van der Waals surface area contributed by atoms with Gasteiger partial charge < -0.3 is 5.11 Å². The highest BCUT2D eigenvalue weighted by Crippen LogP contribution is 2.27. The average Bonchev–Trinajstić information content (AvgIpc) is 2.59. The molecule has 1 N–H and O–H groups in total. The van der Waals surface area contributed by atoms with E-state index in [1.807, 2.05) is 26.0 Å². The predicted molar refractivity (Wildman–Crippen MR) is 77.8 cm³/mol. The van der Waals surface area contributed by atoms with Gasteiger partial charge in [0.15, 0.2) is 0 Å². The minimum atomic E-state index is -0.614. The number of rotatable bonds is 3. The van der Waals surface area contributed by atoms with Gasteiger partial charge >= 0.3 is 0 Å². The number of aryl methyl sites for hydroxylation is 3. The fourth-order valence-corrected chi connectivity index (χ4v) is 2.46. The number of hydrogen-bond acceptors (Lipinski definition) is 2. The fourth-order valence-electron chi connectivity index (χ4n) is 2.09. The van der Waals surface area contributed by atoms with Crippen LogP contribution >= 0.6 is 23.2 Å². The first-order valence-electron chi connectivity index (χ1n) is 6.02. The van der Waals surface area contributed by atoms with Crippen LogP contribution in [0.4, 0.5) is 0 Å². The van der Waals surface area contributed by atoms with Gasteiger partial charge in [0.25, 0.3) is 0 Å². The van der Waals surface area contributed by atoms with Crippen molar-refractivity contribution in [2.45, 2.75) is 26.4 Å². The molecule has 0 amide bonds. The summed E-state index contributed by atoms with van der Waals surface area (Å²) >= 11 is 12.2. The summed E-state index contributed by atoms with van der Waals surface area (Å²) in [5, 5.41) is 15.8. The highest BCUT2D eigenvalue weighted by molar-refractivity contribution is 6.31. The second kappa shape index (κ2) is 5.53. The molecule has 0 aliphatic rings. The Labute approximate surface area is 122 Å². The fraction of sp³-hybridized carbons (Fsp3) is 0.357. The Kier molecular flexibility index (Phi) is 4.19. The van der Waals surface area contributed by atoms with Gasteiger partial charge in [0, 0.05) is 24.1 Å². The molecule has 1 aromatic heterocycles. The molecule has 0 aliphatic carbocycles. The third-order valence-electron chi connectivity index (χ3n) is 3.23. The quantitative estimate of drug-likeness (QED) is 0.940. The van der Waals surface area contributed by atoms with Crippen LogP contribution < -0.4 is 0 Å². The van der Waals surface area contributed by atoms with E-state index in [0.29, 0.717) is 16.6 Å². The smallest absolute Gasteiger partial charge is 0.130 e. The maximum absolute atomic E-state index is 10.3. The van der Waals surface area contributed by atoms with Gasteiger partial charge in [0.1, 0.15) is 5.15 Å². The molecular formula is C14H16Cl2N2O. The van der Waals surface area contributed by atoms with Crippen molar-refractivity contribution < 1.29 is 5.11 Å². The normalized spacial score (nSPS) is 12.7. The first-order valence-corrected chi connectivity index (χ1v) is 6.78. The molecule has 1 unspecified atom stereocenters. The number of halogens is 2. The van der Waals surface area contributed by atoms with Crippen LogP contribution in [0.3, 0.4) is 0 Å². The molecule has 2 rings (SSSR count). The first kappa shape index (κ1) is 14.4. The van der Waals surface area contributed by atoms with Crippen LogP contribution in [0.2, 0.25) is 10.2 Å². The first-order chi connectivity index (χ1) is 8.90. The Bertz CT molecular complexity index is 608. The molecule has 0 radical (unpaired) electrons. The summed E-state index contributed by atoms with van der Waals surface area (Å²) in [4.78, 5) is 0. The van der Waals surface area contributed by atoms with Crippen molar-refractivity contribution >= 4 is 23.2 Å². The summed E-state index contributed by atoms with van der Waals surface area (Å²) in [5.41, 5.74) is 3.51. The Morgan fingerprint density at radius 2 is 2.00 bits per heavy atom. The molecule has 0 spiro atoms. The van der Waals surface area contributed by atoms with Crippen LogP contribution in [0.25, 0.3) is 0 Å². The number of aliphatic hydroxyl groups excluding tert-OH is 1. The number of nitrogens with zero attached hydrogens (tertiary/aromatic N) is 2. The largest absolute Gasteiger partial charge is 0.388 e. The van der Waals surface area contributed by atoms with Crippen LogP contribution in [-0.4, -0.2) is 14.9 Å². The standard InChI is InChI=1S/C14H16Cl2N2O/c1-8-6-10(4-5-12(8)15)13(19)7-11-9(2)17-18(3)14(11)16/h4-6,13,19H,7H2,1-3H3. The summed E-state index contributed by atoms with van der Waals surface area (Å²) < 4.78 is 1.62. The Morgan fingerprint density at radius 3 is 2.53 bits per heavy atom. The zero-order chi connectivity index (χ0) is 14.2. The van der Waals surface area contributed by atoms with Crippen molar-refractivity contribution in [2.24, 2.45) is 7.05 Å². The van der Waals surface area contributed by atoms with E-state index in [4.69, 9.17) is 23.2 Å². The Balaban J connectivity index is 2.25. The van der Waals surface area contributed by atoms with Crippen molar-refractivity contribution in [3.05, 3.63) is 50.8 Å². The highest BCUT2D eigenvalue weighted by atomic mass is 35.5. The maximum atomic E-state index is 10.3. The van der Waals surface area contributed by atoms with Gasteiger partial charge in [-0.15, -0.1) is 0 Å². The lowest BCUT2D eigenvalue weighted by Crippen LogP contribution is -2.03. The molecule has 1 aromatic carbocycles. The summed E-state index contributed by atoms with van der Waals surface area (Å²) in [6.45, 7) is 3.81. The van der Waals surface area contributed by atoms with Crippen molar-refractivity contribution in [2.75, 3.05) is 0 Å². The molecule has 19 heavy (non-hydrogen) atoms. The monoisotopic (exact) mass is 298 g/mol. The highest BCUT2D eigenvalue weighted by Gasteiger charge is 2.17. The molecule has 0 saturated heterocycles. The van der Waals surface area contributed by atoms with E-state index in [0.717, 1.165) is 22.4 Å². The molecule has 102 valence electrons. The molecule has 5 heteroatoms. The minimum absolute atomic E-state index is 0.444. The number of hydrogen-bond donors (Lipinski definition) is 1. The summed E-state index contributed by atoms with van der Waals surface area (Å²) in [5.74, 6) is 0. The number of benzene rings is 1. The molecule has 1 heterocycles. The van der Waals surface area contributed by atoms with Gasteiger partial charge in [-0.2, -0.15) is 5.10 Å². The van der Waals surface area contributed by atoms with E-state index >= 15 is 0 Å². The van der Waals surface area contributed by atoms with Gasteiger partial charge in [0.05, 0.1) is 11.8 Å². The average molecular weight is 299 g/mol.